The molecule has 0 heterocycles. The molecule has 0 radical (unpaired) electrons. The highest BCUT2D eigenvalue weighted by molar-refractivity contribution is 5.66. The first-order valence-electron chi connectivity index (χ1n) is 5.53. The Bertz CT molecular complexity index is 479. The standard InChI is InChI=1S/C11H13F3N2O4/c1-20-8-2-3-9(16(18)19)10(6-8)15(4-5-17)7-11(12,13)14/h2-3,6,17H,4-5,7H2,1H3. The zero-order valence-electron chi connectivity index (χ0n) is 10.6. The number of benzene rings is 1. The van der Waals surface area contributed by atoms with Crippen LogP contribution in [-0.2, 0) is 0 Å². The summed E-state index contributed by atoms with van der Waals surface area (Å²) in [5, 5.41) is 19.7. The Morgan fingerprint density at radius 2 is 2.10 bits per heavy atom. The number of nitrogens with zero attached hydrogens (tertiary/aromatic N) is 2. The van der Waals surface area contributed by atoms with Gasteiger partial charge in [-0.3, -0.25) is 10.1 Å². The van der Waals surface area contributed by atoms with E-state index < -0.39 is 29.9 Å². The van der Waals surface area contributed by atoms with Gasteiger partial charge in [-0.1, -0.05) is 0 Å². The van der Waals surface area contributed by atoms with E-state index in [1.807, 2.05) is 0 Å². The van der Waals surface area contributed by atoms with Crippen molar-refractivity contribution in [2.75, 3.05) is 31.7 Å². The summed E-state index contributed by atoms with van der Waals surface area (Å²) in [7, 11) is 1.30. The molecule has 0 aliphatic rings. The van der Waals surface area contributed by atoms with Crippen molar-refractivity contribution < 1.29 is 27.9 Å². The van der Waals surface area contributed by atoms with Crippen LogP contribution in [0.1, 0.15) is 0 Å². The highest BCUT2D eigenvalue weighted by atomic mass is 19.4. The van der Waals surface area contributed by atoms with Crippen LogP contribution in [0.5, 0.6) is 5.75 Å². The number of nitro groups is 1. The summed E-state index contributed by atoms with van der Waals surface area (Å²) in [5.74, 6) is 0.190. The van der Waals surface area contributed by atoms with Crippen LogP contribution in [0, 0.1) is 10.1 Å². The molecule has 112 valence electrons. The topological polar surface area (TPSA) is 75.8 Å². The van der Waals surface area contributed by atoms with E-state index >= 15 is 0 Å². The van der Waals surface area contributed by atoms with Crippen molar-refractivity contribution >= 4 is 11.4 Å². The predicted molar refractivity (Wildman–Crippen MR) is 65.0 cm³/mol. The molecule has 0 spiro atoms. The molecule has 20 heavy (non-hydrogen) atoms. The number of aliphatic hydroxyl groups excluding tert-OH is 1. The average Bonchev–Trinajstić information content (AvgIpc) is 2.35. The molecule has 0 aliphatic heterocycles. The molecule has 1 N–H and O–H groups in total. The lowest BCUT2D eigenvalue weighted by atomic mass is 10.2. The Labute approximate surface area is 112 Å². The molecule has 0 aromatic heterocycles. The van der Waals surface area contributed by atoms with Crippen molar-refractivity contribution in [1.82, 2.24) is 0 Å². The number of alkyl halides is 3. The van der Waals surface area contributed by atoms with Crippen LogP contribution in [0.25, 0.3) is 0 Å². The molecular formula is C11H13F3N2O4. The van der Waals surface area contributed by atoms with Crippen LogP contribution in [0.15, 0.2) is 18.2 Å². The zero-order valence-corrected chi connectivity index (χ0v) is 10.6. The molecule has 0 amide bonds. The third kappa shape index (κ3) is 4.26. The van der Waals surface area contributed by atoms with Crippen molar-refractivity contribution in [2.45, 2.75) is 6.18 Å². The smallest absolute Gasteiger partial charge is 0.405 e. The monoisotopic (exact) mass is 294 g/mol. The second-order valence-electron chi connectivity index (χ2n) is 3.87. The maximum absolute atomic E-state index is 12.5. The Kier molecular flexibility index (Phi) is 5.14. The summed E-state index contributed by atoms with van der Waals surface area (Å²) in [6.45, 7) is -2.35. The van der Waals surface area contributed by atoms with Crippen molar-refractivity contribution in [3.8, 4) is 5.75 Å². The van der Waals surface area contributed by atoms with Gasteiger partial charge in [-0.05, 0) is 6.07 Å². The van der Waals surface area contributed by atoms with Crippen LogP contribution in [0.2, 0.25) is 0 Å². The predicted octanol–water partition coefficient (Wildman–Crippen LogP) is 1.96. The number of halogens is 3. The minimum Gasteiger partial charge on any atom is -0.497 e. The first-order chi connectivity index (χ1) is 9.28. The fraction of sp³-hybridized carbons (Fsp3) is 0.455. The first-order valence-corrected chi connectivity index (χ1v) is 5.53. The van der Waals surface area contributed by atoms with Crippen molar-refractivity contribution in [2.24, 2.45) is 0 Å². The van der Waals surface area contributed by atoms with Gasteiger partial charge in [0.05, 0.1) is 18.6 Å². The molecule has 0 unspecified atom stereocenters. The first kappa shape index (κ1) is 16.0. The molecule has 9 heteroatoms. The van der Waals surface area contributed by atoms with Gasteiger partial charge in [0.25, 0.3) is 5.69 Å². The molecule has 6 nitrogen and oxygen atoms in total. The number of anilines is 1. The fourth-order valence-electron chi connectivity index (χ4n) is 1.66. The van der Waals surface area contributed by atoms with E-state index in [0.717, 1.165) is 12.1 Å². The molecule has 0 bridgehead atoms. The van der Waals surface area contributed by atoms with E-state index in [9.17, 15) is 23.3 Å². The molecule has 0 saturated carbocycles. The minimum atomic E-state index is -4.55. The minimum absolute atomic E-state index is 0.190. The number of ether oxygens (including phenoxy) is 1. The summed E-state index contributed by atoms with van der Waals surface area (Å²) < 4.78 is 42.4. The summed E-state index contributed by atoms with van der Waals surface area (Å²) in [5.41, 5.74) is -0.732. The Morgan fingerprint density at radius 3 is 2.55 bits per heavy atom. The van der Waals surface area contributed by atoms with Gasteiger partial charge in [0.15, 0.2) is 0 Å². The number of rotatable bonds is 6. The lowest BCUT2D eigenvalue weighted by molar-refractivity contribution is -0.384. The van der Waals surface area contributed by atoms with E-state index in [2.05, 4.69) is 0 Å². The quantitative estimate of drug-likeness (QED) is 0.641. The van der Waals surface area contributed by atoms with Crippen LogP contribution < -0.4 is 9.64 Å². The van der Waals surface area contributed by atoms with Gasteiger partial charge in [0.2, 0.25) is 0 Å². The van der Waals surface area contributed by atoms with E-state index in [0.29, 0.717) is 4.90 Å². The zero-order chi connectivity index (χ0) is 15.3. The Balaban J connectivity index is 3.25. The maximum atomic E-state index is 12.5. The summed E-state index contributed by atoms with van der Waals surface area (Å²) in [6, 6.07) is 3.49. The summed E-state index contributed by atoms with van der Waals surface area (Å²) in [6.07, 6.45) is -4.55. The molecular weight excluding hydrogens is 281 g/mol. The largest absolute Gasteiger partial charge is 0.497 e. The fourth-order valence-corrected chi connectivity index (χ4v) is 1.66. The van der Waals surface area contributed by atoms with Crippen molar-refractivity contribution in [1.29, 1.82) is 0 Å². The third-order valence-corrected chi connectivity index (χ3v) is 2.46. The van der Waals surface area contributed by atoms with Gasteiger partial charge in [-0.15, -0.1) is 0 Å². The van der Waals surface area contributed by atoms with Gasteiger partial charge in [0, 0.05) is 18.7 Å². The highest BCUT2D eigenvalue weighted by Crippen LogP contribution is 2.33. The van der Waals surface area contributed by atoms with Crippen LogP contribution in [0.4, 0.5) is 24.5 Å². The molecule has 0 atom stereocenters. The maximum Gasteiger partial charge on any atom is 0.405 e. The average molecular weight is 294 g/mol. The number of hydrogen-bond donors (Lipinski definition) is 1. The molecule has 0 aliphatic carbocycles. The number of aliphatic hydroxyl groups is 1. The highest BCUT2D eigenvalue weighted by Gasteiger charge is 2.33. The van der Waals surface area contributed by atoms with Gasteiger partial charge in [-0.2, -0.15) is 13.2 Å². The van der Waals surface area contributed by atoms with Gasteiger partial charge < -0.3 is 14.7 Å². The van der Waals surface area contributed by atoms with Gasteiger partial charge >= 0.3 is 6.18 Å². The van der Waals surface area contributed by atoms with Crippen molar-refractivity contribution in [3.05, 3.63) is 28.3 Å². The van der Waals surface area contributed by atoms with Crippen molar-refractivity contribution in [3.63, 3.8) is 0 Å². The van der Waals surface area contributed by atoms with Crippen LogP contribution in [-0.4, -0.2) is 43.0 Å². The van der Waals surface area contributed by atoms with E-state index in [4.69, 9.17) is 9.84 Å². The van der Waals surface area contributed by atoms with E-state index in [-0.39, 0.29) is 18.0 Å². The van der Waals surface area contributed by atoms with Gasteiger partial charge in [-0.25, -0.2) is 0 Å². The summed E-state index contributed by atoms with van der Waals surface area (Å²) in [4.78, 5) is 10.8. The summed E-state index contributed by atoms with van der Waals surface area (Å²) >= 11 is 0. The Morgan fingerprint density at radius 1 is 1.45 bits per heavy atom. The number of hydrogen-bond acceptors (Lipinski definition) is 5. The van der Waals surface area contributed by atoms with Crippen LogP contribution >= 0.6 is 0 Å². The van der Waals surface area contributed by atoms with Gasteiger partial charge in [0.1, 0.15) is 18.0 Å². The third-order valence-electron chi connectivity index (χ3n) is 2.46. The van der Waals surface area contributed by atoms with Crippen LogP contribution in [0.3, 0.4) is 0 Å². The van der Waals surface area contributed by atoms with E-state index in [1.54, 1.807) is 0 Å². The molecule has 1 rings (SSSR count). The lowest BCUT2D eigenvalue weighted by Gasteiger charge is -2.25. The second kappa shape index (κ2) is 6.42. The molecule has 1 aromatic rings. The Hall–Kier alpha value is -2.03. The number of methoxy groups -OCH3 is 1. The lowest BCUT2D eigenvalue weighted by Crippen LogP contribution is -2.36. The second-order valence-corrected chi connectivity index (χ2v) is 3.87. The molecule has 0 saturated heterocycles. The SMILES string of the molecule is COc1ccc([N+](=O)[O-])c(N(CCO)CC(F)(F)F)c1. The number of nitro benzene ring substituents is 1. The molecule has 1 aromatic carbocycles. The van der Waals surface area contributed by atoms with E-state index in [1.165, 1.54) is 13.2 Å². The normalized spacial score (nSPS) is 11.2. The molecule has 0 fully saturated rings.